The first kappa shape index (κ1) is 11.5. The van der Waals surface area contributed by atoms with E-state index in [-0.39, 0.29) is 5.88 Å². The number of anilines is 1. The number of ether oxygens (including phenoxy) is 1. The van der Waals surface area contributed by atoms with Gasteiger partial charge in [0.25, 0.3) is 0 Å². The number of nitrogens with zero attached hydrogens (tertiary/aromatic N) is 3. The molecule has 0 aliphatic heterocycles. The molecule has 3 rings (SSSR count). The Kier molecular flexibility index (Phi) is 3.03. The Morgan fingerprint density at radius 1 is 1.21 bits per heavy atom. The molecule has 1 N–H and O–H groups in total. The highest BCUT2D eigenvalue weighted by Gasteiger charge is 2.08. The smallest absolute Gasteiger partial charge is 0.391 e. The van der Waals surface area contributed by atoms with Crippen molar-refractivity contribution in [2.75, 3.05) is 5.32 Å². The summed E-state index contributed by atoms with van der Waals surface area (Å²) in [4.78, 5) is 23.7. The molecule has 0 bridgehead atoms. The summed E-state index contributed by atoms with van der Waals surface area (Å²) in [6.45, 7) is 0. The highest BCUT2D eigenvalue weighted by atomic mass is 32.1. The second-order valence-electron chi connectivity index (χ2n) is 3.55. The van der Waals surface area contributed by atoms with Gasteiger partial charge in [-0.15, -0.1) is 11.3 Å². The third kappa shape index (κ3) is 2.66. The Morgan fingerprint density at radius 3 is 3.00 bits per heavy atom. The van der Waals surface area contributed by atoms with Crippen molar-refractivity contribution in [2.24, 2.45) is 0 Å². The van der Waals surface area contributed by atoms with Gasteiger partial charge in [-0.3, -0.25) is 5.32 Å². The summed E-state index contributed by atoms with van der Waals surface area (Å²) in [5.74, 6) is 0.195. The van der Waals surface area contributed by atoms with Gasteiger partial charge in [0, 0.05) is 29.2 Å². The van der Waals surface area contributed by atoms with Crippen molar-refractivity contribution in [1.29, 1.82) is 0 Å². The summed E-state index contributed by atoms with van der Waals surface area (Å²) in [5, 5.41) is 5.62. The van der Waals surface area contributed by atoms with Crippen LogP contribution in [0.5, 0.6) is 5.88 Å². The Balaban J connectivity index is 1.75. The number of nitrogens with one attached hydrogen (secondary N) is 1. The zero-order valence-corrected chi connectivity index (χ0v) is 10.4. The fourth-order valence-corrected chi connectivity index (χ4v) is 2.00. The van der Waals surface area contributed by atoms with E-state index in [1.54, 1.807) is 29.9 Å². The highest BCUT2D eigenvalue weighted by Crippen LogP contribution is 2.15. The van der Waals surface area contributed by atoms with Crippen LogP contribution >= 0.6 is 11.3 Å². The number of pyridine rings is 2. The van der Waals surface area contributed by atoms with Gasteiger partial charge in [0.05, 0.1) is 0 Å². The van der Waals surface area contributed by atoms with Crippen LogP contribution in [0.1, 0.15) is 0 Å². The largest absolute Gasteiger partial charge is 0.420 e. The second kappa shape index (κ2) is 4.99. The van der Waals surface area contributed by atoms with Gasteiger partial charge in [0.2, 0.25) is 5.88 Å². The lowest BCUT2D eigenvalue weighted by molar-refractivity contribution is 0.213. The molecule has 0 unspecified atom stereocenters. The minimum Gasteiger partial charge on any atom is -0.391 e. The van der Waals surface area contributed by atoms with E-state index in [0.29, 0.717) is 10.8 Å². The van der Waals surface area contributed by atoms with Crippen molar-refractivity contribution < 1.29 is 9.53 Å². The van der Waals surface area contributed by atoms with Gasteiger partial charge in [0.15, 0.2) is 10.8 Å². The predicted octanol–water partition coefficient (Wildman–Crippen LogP) is 2.70. The third-order valence-corrected chi connectivity index (χ3v) is 2.97. The molecule has 0 fully saturated rings. The highest BCUT2D eigenvalue weighted by molar-refractivity contribution is 7.13. The standard InChI is InChI=1S/C12H8N4O2S/c17-12(16-11-14-6-7-19-11)18-9-4-3-8-2-1-5-13-10(8)15-9/h1-7H,(H,14,16,17). The number of thiazole rings is 1. The number of hydrogen-bond donors (Lipinski definition) is 1. The van der Waals surface area contributed by atoms with E-state index in [1.807, 2.05) is 12.1 Å². The SMILES string of the molecule is O=C(Nc1nccs1)Oc1ccc2cccnc2n1. The van der Waals surface area contributed by atoms with Crippen LogP contribution < -0.4 is 10.1 Å². The summed E-state index contributed by atoms with van der Waals surface area (Å²) in [5.41, 5.74) is 0.530. The van der Waals surface area contributed by atoms with Gasteiger partial charge in [-0.25, -0.2) is 14.8 Å². The van der Waals surface area contributed by atoms with Crippen molar-refractivity contribution in [3.05, 3.63) is 42.0 Å². The van der Waals surface area contributed by atoms with Crippen LogP contribution in [0.15, 0.2) is 42.0 Å². The van der Waals surface area contributed by atoms with E-state index in [2.05, 4.69) is 20.3 Å². The Hall–Kier alpha value is -2.54. The molecule has 3 heterocycles. The number of carbonyl (C=O) groups is 1. The topological polar surface area (TPSA) is 77.0 Å². The normalized spacial score (nSPS) is 10.3. The molecule has 0 radical (unpaired) electrons. The van der Waals surface area contributed by atoms with Gasteiger partial charge >= 0.3 is 6.09 Å². The molecule has 3 aromatic heterocycles. The summed E-state index contributed by atoms with van der Waals surface area (Å²) in [7, 11) is 0. The zero-order chi connectivity index (χ0) is 13.1. The van der Waals surface area contributed by atoms with Crippen LogP contribution in [-0.4, -0.2) is 21.0 Å². The van der Waals surface area contributed by atoms with Crippen LogP contribution in [0.25, 0.3) is 11.0 Å². The van der Waals surface area contributed by atoms with Crippen molar-refractivity contribution in [3.8, 4) is 5.88 Å². The summed E-state index contributed by atoms with van der Waals surface area (Å²) in [6, 6.07) is 7.11. The van der Waals surface area contributed by atoms with Gasteiger partial charge in [-0.2, -0.15) is 4.98 Å². The Bertz CT molecular complexity index is 715. The molecule has 0 aliphatic carbocycles. The van der Waals surface area contributed by atoms with E-state index in [0.717, 1.165) is 5.39 Å². The first-order valence-corrected chi connectivity index (χ1v) is 6.29. The molecular formula is C12H8N4O2S. The van der Waals surface area contributed by atoms with Gasteiger partial charge in [-0.05, 0) is 18.2 Å². The molecule has 0 aromatic carbocycles. The minimum absolute atomic E-state index is 0.195. The molecule has 1 amide bonds. The molecule has 0 saturated heterocycles. The van der Waals surface area contributed by atoms with Crippen LogP contribution in [0.3, 0.4) is 0 Å². The molecular weight excluding hydrogens is 264 g/mol. The number of carbonyl (C=O) groups excluding carboxylic acids is 1. The zero-order valence-electron chi connectivity index (χ0n) is 9.61. The third-order valence-electron chi connectivity index (χ3n) is 2.28. The van der Waals surface area contributed by atoms with Gasteiger partial charge in [-0.1, -0.05) is 0 Å². The number of hydrogen-bond acceptors (Lipinski definition) is 6. The van der Waals surface area contributed by atoms with E-state index >= 15 is 0 Å². The molecule has 6 nitrogen and oxygen atoms in total. The lowest BCUT2D eigenvalue weighted by Crippen LogP contribution is -2.17. The molecule has 0 atom stereocenters. The van der Waals surface area contributed by atoms with E-state index in [1.165, 1.54) is 11.3 Å². The molecule has 94 valence electrons. The average Bonchev–Trinajstić information content (AvgIpc) is 2.91. The van der Waals surface area contributed by atoms with Crippen molar-refractivity contribution >= 4 is 33.6 Å². The molecule has 0 spiro atoms. The monoisotopic (exact) mass is 272 g/mol. The molecule has 0 saturated carbocycles. The molecule has 0 aliphatic rings. The molecule has 7 heteroatoms. The van der Waals surface area contributed by atoms with Crippen LogP contribution in [0, 0.1) is 0 Å². The van der Waals surface area contributed by atoms with Crippen molar-refractivity contribution in [1.82, 2.24) is 15.0 Å². The summed E-state index contributed by atoms with van der Waals surface area (Å²) >= 11 is 1.31. The quantitative estimate of drug-likeness (QED) is 0.776. The first-order valence-electron chi connectivity index (χ1n) is 5.41. The Morgan fingerprint density at radius 2 is 2.16 bits per heavy atom. The van der Waals surface area contributed by atoms with Gasteiger partial charge < -0.3 is 4.74 Å². The molecule has 19 heavy (non-hydrogen) atoms. The maximum atomic E-state index is 11.6. The van der Waals surface area contributed by atoms with E-state index < -0.39 is 6.09 Å². The number of rotatable bonds is 2. The van der Waals surface area contributed by atoms with E-state index in [9.17, 15) is 4.79 Å². The average molecular weight is 272 g/mol. The minimum atomic E-state index is -0.627. The van der Waals surface area contributed by atoms with Crippen LogP contribution in [0.2, 0.25) is 0 Å². The number of fused-ring (bicyclic) bond motifs is 1. The van der Waals surface area contributed by atoms with Crippen LogP contribution in [0.4, 0.5) is 9.93 Å². The fourth-order valence-electron chi connectivity index (χ4n) is 1.49. The summed E-state index contributed by atoms with van der Waals surface area (Å²) < 4.78 is 5.06. The van der Waals surface area contributed by atoms with E-state index in [4.69, 9.17) is 4.74 Å². The van der Waals surface area contributed by atoms with Crippen LogP contribution in [-0.2, 0) is 0 Å². The van der Waals surface area contributed by atoms with Crippen molar-refractivity contribution in [3.63, 3.8) is 0 Å². The number of aromatic nitrogens is 3. The lowest BCUT2D eigenvalue weighted by atomic mass is 10.3. The number of amides is 1. The maximum Gasteiger partial charge on any atom is 0.420 e. The fraction of sp³-hybridized carbons (Fsp3) is 0. The maximum absolute atomic E-state index is 11.6. The summed E-state index contributed by atoms with van der Waals surface area (Å²) in [6.07, 6.45) is 2.60. The lowest BCUT2D eigenvalue weighted by Gasteiger charge is -2.04. The molecule has 3 aromatic rings. The van der Waals surface area contributed by atoms with Gasteiger partial charge in [0.1, 0.15) is 0 Å². The van der Waals surface area contributed by atoms with Crippen molar-refractivity contribution in [2.45, 2.75) is 0 Å². The second-order valence-corrected chi connectivity index (χ2v) is 4.45. The first-order chi connectivity index (χ1) is 9.31. The predicted molar refractivity (Wildman–Crippen MR) is 71.3 cm³/mol. The Labute approximate surface area is 112 Å².